The lowest BCUT2D eigenvalue weighted by Gasteiger charge is -2.37. The molecule has 2 aliphatic rings. The number of hydrogen-bond donors (Lipinski definition) is 2. The fourth-order valence-electron chi connectivity index (χ4n) is 2.41. The predicted octanol–water partition coefficient (Wildman–Crippen LogP) is 1.52. The summed E-state index contributed by atoms with van der Waals surface area (Å²) in [6.07, 6.45) is 7.21. The van der Waals surface area contributed by atoms with Crippen LogP contribution in [-0.2, 0) is 0 Å². The molecule has 0 amide bonds. The Kier molecular flexibility index (Phi) is 2.89. The van der Waals surface area contributed by atoms with Crippen molar-refractivity contribution in [2.24, 2.45) is 5.41 Å². The molecule has 0 aromatic rings. The Balaban J connectivity index is 1.71. The van der Waals surface area contributed by atoms with Gasteiger partial charge in [0.1, 0.15) is 0 Å². The lowest BCUT2D eigenvalue weighted by molar-refractivity contribution is 0.190. The first kappa shape index (κ1) is 9.47. The molecule has 0 aromatic heterocycles. The van der Waals surface area contributed by atoms with E-state index in [1.807, 2.05) is 0 Å². The molecule has 0 spiro atoms. The van der Waals surface area contributed by atoms with Crippen LogP contribution in [0.25, 0.3) is 0 Å². The van der Waals surface area contributed by atoms with Crippen molar-refractivity contribution in [3.05, 3.63) is 0 Å². The molecular weight excluding hydrogens is 160 g/mol. The summed E-state index contributed by atoms with van der Waals surface area (Å²) < 4.78 is 0. The van der Waals surface area contributed by atoms with E-state index in [-0.39, 0.29) is 0 Å². The van der Waals surface area contributed by atoms with E-state index < -0.39 is 0 Å². The maximum absolute atomic E-state index is 3.67. The van der Waals surface area contributed by atoms with Crippen molar-refractivity contribution in [3.63, 3.8) is 0 Å². The van der Waals surface area contributed by atoms with E-state index in [1.54, 1.807) is 0 Å². The zero-order valence-corrected chi connectivity index (χ0v) is 8.73. The number of nitrogens with one attached hydrogen (secondary N) is 2. The zero-order valence-electron chi connectivity index (χ0n) is 8.73. The molecule has 0 radical (unpaired) electrons. The molecule has 0 bridgehead atoms. The molecule has 0 aromatic carbocycles. The summed E-state index contributed by atoms with van der Waals surface area (Å²) in [7, 11) is 0. The minimum Gasteiger partial charge on any atom is -0.314 e. The van der Waals surface area contributed by atoms with Crippen molar-refractivity contribution in [1.82, 2.24) is 10.6 Å². The fourth-order valence-corrected chi connectivity index (χ4v) is 2.41. The van der Waals surface area contributed by atoms with Crippen molar-refractivity contribution in [2.75, 3.05) is 19.6 Å². The van der Waals surface area contributed by atoms with Gasteiger partial charge >= 0.3 is 0 Å². The van der Waals surface area contributed by atoms with Crippen molar-refractivity contribution < 1.29 is 0 Å². The van der Waals surface area contributed by atoms with Gasteiger partial charge in [0.2, 0.25) is 0 Å². The smallest absolute Gasteiger partial charge is 0.0317 e. The maximum atomic E-state index is 3.67. The van der Waals surface area contributed by atoms with E-state index >= 15 is 0 Å². The summed E-state index contributed by atoms with van der Waals surface area (Å²) in [4.78, 5) is 0. The summed E-state index contributed by atoms with van der Waals surface area (Å²) in [5.74, 6) is 0. The Morgan fingerprint density at radius 1 is 1.23 bits per heavy atom. The van der Waals surface area contributed by atoms with Crippen LogP contribution in [0.5, 0.6) is 0 Å². The molecule has 0 unspecified atom stereocenters. The monoisotopic (exact) mass is 182 g/mol. The molecule has 13 heavy (non-hydrogen) atoms. The molecule has 76 valence electrons. The first-order chi connectivity index (χ1) is 6.29. The highest BCUT2D eigenvalue weighted by atomic mass is 15.1. The first-order valence-corrected chi connectivity index (χ1v) is 5.73. The highest BCUT2D eigenvalue weighted by molar-refractivity contribution is 4.86. The summed E-state index contributed by atoms with van der Waals surface area (Å²) in [6.45, 7) is 6.04. The van der Waals surface area contributed by atoms with Crippen LogP contribution in [0, 0.1) is 5.41 Å². The molecular formula is C11H22N2. The van der Waals surface area contributed by atoms with Gasteiger partial charge in [-0.25, -0.2) is 0 Å². The van der Waals surface area contributed by atoms with E-state index in [0.717, 1.165) is 6.04 Å². The van der Waals surface area contributed by atoms with Gasteiger partial charge in [-0.15, -0.1) is 0 Å². The highest BCUT2D eigenvalue weighted by Crippen LogP contribution is 2.34. The van der Waals surface area contributed by atoms with Crippen molar-refractivity contribution in [1.29, 1.82) is 0 Å². The lowest BCUT2D eigenvalue weighted by atomic mass is 9.75. The first-order valence-electron chi connectivity index (χ1n) is 5.73. The third-order valence-corrected chi connectivity index (χ3v) is 3.66. The van der Waals surface area contributed by atoms with Gasteiger partial charge < -0.3 is 10.6 Å². The van der Waals surface area contributed by atoms with Crippen LogP contribution in [-0.4, -0.2) is 25.7 Å². The van der Waals surface area contributed by atoms with Crippen LogP contribution in [0.15, 0.2) is 0 Å². The molecule has 2 fully saturated rings. The second-order valence-electron chi connectivity index (χ2n) is 5.11. The molecule has 2 nitrogen and oxygen atoms in total. The SMILES string of the molecule is CC1(CNC2CNC2)CCCCC1. The van der Waals surface area contributed by atoms with Crippen LogP contribution < -0.4 is 10.6 Å². The topological polar surface area (TPSA) is 24.1 Å². The van der Waals surface area contributed by atoms with Gasteiger partial charge in [0, 0.05) is 25.7 Å². The summed E-state index contributed by atoms with van der Waals surface area (Å²) in [5, 5.41) is 6.97. The van der Waals surface area contributed by atoms with Crippen LogP contribution in [0.1, 0.15) is 39.0 Å². The Hall–Kier alpha value is -0.0800. The quantitative estimate of drug-likeness (QED) is 0.691. The minimum atomic E-state index is 0.605. The average Bonchev–Trinajstić information content (AvgIpc) is 2.02. The summed E-state index contributed by atoms with van der Waals surface area (Å²) in [6, 6.07) is 0.763. The van der Waals surface area contributed by atoms with Gasteiger partial charge in [-0.1, -0.05) is 26.2 Å². The average molecular weight is 182 g/mol. The van der Waals surface area contributed by atoms with Gasteiger partial charge in [-0.3, -0.25) is 0 Å². The molecule has 1 saturated heterocycles. The van der Waals surface area contributed by atoms with E-state index in [4.69, 9.17) is 0 Å². The molecule has 0 atom stereocenters. The predicted molar refractivity (Wildman–Crippen MR) is 55.9 cm³/mol. The molecule has 1 aliphatic carbocycles. The second-order valence-corrected chi connectivity index (χ2v) is 5.11. The zero-order chi connectivity index (χ0) is 9.15. The Morgan fingerprint density at radius 3 is 2.46 bits per heavy atom. The standard InChI is InChI=1S/C11H22N2/c1-11(5-3-2-4-6-11)9-13-10-7-12-8-10/h10,12-13H,2-9H2,1H3. The lowest BCUT2D eigenvalue weighted by Crippen LogP contribution is -2.57. The van der Waals surface area contributed by atoms with Gasteiger partial charge in [0.15, 0.2) is 0 Å². The summed E-state index contributed by atoms with van der Waals surface area (Å²) in [5.41, 5.74) is 0.605. The molecule has 2 heteroatoms. The second kappa shape index (κ2) is 3.97. The van der Waals surface area contributed by atoms with Gasteiger partial charge in [-0.2, -0.15) is 0 Å². The van der Waals surface area contributed by atoms with Gasteiger partial charge in [-0.05, 0) is 18.3 Å². The Labute approximate surface area is 81.5 Å². The Morgan fingerprint density at radius 2 is 1.92 bits per heavy atom. The van der Waals surface area contributed by atoms with Crippen molar-refractivity contribution >= 4 is 0 Å². The van der Waals surface area contributed by atoms with Crippen LogP contribution in [0.3, 0.4) is 0 Å². The number of rotatable bonds is 3. The van der Waals surface area contributed by atoms with Crippen LogP contribution >= 0.6 is 0 Å². The van der Waals surface area contributed by atoms with Crippen molar-refractivity contribution in [2.45, 2.75) is 45.1 Å². The molecule has 1 heterocycles. The fraction of sp³-hybridized carbons (Fsp3) is 1.00. The molecule has 1 saturated carbocycles. The van der Waals surface area contributed by atoms with Crippen molar-refractivity contribution in [3.8, 4) is 0 Å². The van der Waals surface area contributed by atoms with Gasteiger partial charge in [0.05, 0.1) is 0 Å². The highest BCUT2D eigenvalue weighted by Gasteiger charge is 2.28. The van der Waals surface area contributed by atoms with Crippen LogP contribution in [0.4, 0.5) is 0 Å². The largest absolute Gasteiger partial charge is 0.314 e. The van der Waals surface area contributed by atoms with E-state index in [0.29, 0.717) is 5.41 Å². The normalized spacial score (nSPS) is 28.4. The molecule has 2 N–H and O–H groups in total. The Bertz CT molecular complexity index is 157. The third kappa shape index (κ3) is 2.44. The number of hydrogen-bond acceptors (Lipinski definition) is 2. The van der Waals surface area contributed by atoms with E-state index in [1.165, 1.54) is 51.7 Å². The maximum Gasteiger partial charge on any atom is 0.0317 e. The van der Waals surface area contributed by atoms with E-state index in [2.05, 4.69) is 17.6 Å². The van der Waals surface area contributed by atoms with Crippen LogP contribution in [0.2, 0.25) is 0 Å². The summed E-state index contributed by atoms with van der Waals surface area (Å²) >= 11 is 0. The molecule has 1 aliphatic heterocycles. The van der Waals surface area contributed by atoms with Gasteiger partial charge in [0.25, 0.3) is 0 Å². The third-order valence-electron chi connectivity index (χ3n) is 3.66. The minimum absolute atomic E-state index is 0.605. The van der Waals surface area contributed by atoms with E-state index in [9.17, 15) is 0 Å². The molecule has 2 rings (SSSR count).